The summed E-state index contributed by atoms with van der Waals surface area (Å²) in [5.74, 6) is 2.26. The summed E-state index contributed by atoms with van der Waals surface area (Å²) in [6.07, 6.45) is 4.27. The van der Waals surface area contributed by atoms with Crippen LogP contribution in [0.3, 0.4) is 0 Å². The van der Waals surface area contributed by atoms with Crippen molar-refractivity contribution in [1.29, 1.82) is 0 Å². The second-order valence-corrected chi connectivity index (χ2v) is 6.54. The zero-order chi connectivity index (χ0) is 16.7. The molecule has 0 spiro atoms. The van der Waals surface area contributed by atoms with Gasteiger partial charge in [0.15, 0.2) is 11.6 Å². The fourth-order valence-electron chi connectivity index (χ4n) is 3.95. The van der Waals surface area contributed by atoms with Crippen LogP contribution in [-0.4, -0.2) is 18.7 Å². The molecular weight excluding hydrogens is 304 g/mol. The number of rotatable bonds is 2. The van der Waals surface area contributed by atoms with Crippen molar-refractivity contribution >= 4 is 11.6 Å². The molecule has 4 rings (SSSR count). The molecular formula is C20H20O4. The molecule has 0 unspecified atom stereocenters. The van der Waals surface area contributed by atoms with E-state index in [1.165, 1.54) is 0 Å². The van der Waals surface area contributed by atoms with Crippen molar-refractivity contribution in [3.05, 3.63) is 52.5 Å². The minimum Gasteiger partial charge on any atom is -0.497 e. The molecule has 0 N–H and O–H groups in total. The largest absolute Gasteiger partial charge is 0.497 e. The van der Waals surface area contributed by atoms with E-state index in [0.29, 0.717) is 24.0 Å². The first kappa shape index (κ1) is 15.2. The molecule has 2 aliphatic carbocycles. The Morgan fingerprint density at radius 2 is 1.42 bits per heavy atom. The topological polar surface area (TPSA) is 52.6 Å². The van der Waals surface area contributed by atoms with E-state index in [1.807, 2.05) is 24.3 Å². The Kier molecular flexibility index (Phi) is 3.75. The van der Waals surface area contributed by atoms with E-state index < -0.39 is 0 Å². The highest BCUT2D eigenvalue weighted by atomic mass is 16.5. The number of hydrogen-bond acceptors (Lipinski definition) is 4. The highest BCUT2D eigenvalue weighted by Crippen LogP contribution is 2.47. The number of methoxy groups -OCH3 is 1. The first-order chi connectivity index (χ1) is 11.7. The average molecular weight is 324 g/mol. The van der Waals surface area contributed by atoms with E-state index in [1.54, 1.807) is 7.11 Å². The maximum absolute atomic E-state index is 12.6. The molecule has 0 amide bonds. The lowest BCUT2D eigenvalue weighted by molar-refractivity contribution is -0.117. The van der Waals surface area contributed by atoms with Crippen LogP contribution in [0.4, 0.5) is 0 Å². The fraction of sp³-hybridized carbons (Fsp3) is 0.400. The van der Waals surface area contributed by atoms with Gasteiger partial charge in [-0.05, 0) is 30.5 Å². The van der Waals surface area contributed by atoms with Gasteiger partial charge in [0.2, 0.25) is 0 Å². The Balaban J connectivity index is 1.87. The fourth-order valence-corrected chi connectivity index (χ4v) is 3.95. The van der Waals surface area contributed by atoms with Crippen LogP contribution < -0.4 is 4.74 Å². The molecule has 0 saturated heterocycles. The summed E-state index contributed by atoms with van der Waals surface area (Å²) in [5, 5.41) is 0. The summed E-state index contributed by atoms with van der Waals surface area (Å²) < 4.78 is 11.3. The first-order valence-electron chi connectivity index (χ1n) is 8.53. The van der Waals surface area contributed by atoms with Crippen LogP contribution in [0.2, 0.25) is 0 Å². The summed E-state index contributed by atoms with van der Waals surface area (Å²) in [7, 11) is 1.63. The third-order valence-electron chi connectivity index (χ3n) is 5.09. The average Bonchev–Trinajstić information content (AvgIpc) is 2.61. The number of benzene rings is 1. The van der Waals surface area contributed by atoms with Crippen molar-refractivity contribution < 1.29 is 19.1 Å². The SMILES string of the molecule is COc1ccc(C2C3=C(CCCC3=O)OC3=C2C(=O)CCC3)cc1. The van der Waals surface area contributed by atoms with E-state index >= 15 is 0 Å². The van der Waals surface area contributed by atoms with Gasteiger partial charge >= 0.3 is 0 Å². The maximum Gasteiger partial charge on any atom is 0.163 e. The minimum absolute atomic E-state index is 0.113. The maximum atomic E-state index is 12.6. The predicted molar refractivity (Wildman–Crippen MR) is 88.6 cm³/mol. The van der Waals surface area contributed by atoms with E-state index in [4.69, 9.17) is 9.47 Å². The predicted octanol–water partition coefficient (Wildman–Crippen LogP) is 3.82. The van der Waals surface area contributed by atoms with Crippen molar-refractivity contribution in [3.8, 4) is 5.75 Å². The summed E-state index contributed by atoms with van der Waals surface area (Å²) in [6, 6.07) is 7.67. The Morgan fingerprint density at radius 3 is 1.92 bits per heavy atom. The highest BCUT2D eigenvalue weighted by molar-refractivity contribution is 6.05. The lowest BCUT2D eigenvalue weighted by Crippen LogP contribution is -2.30. The van der Waals surface area contributed by atoms with E-state index in [0.717, 1.165) is 48.5 Å². The molecule has 3 aliphatic rings. The van der Waals surface area contributed by atoms with Gasteiger partial charge < -0.3 is 9.47 Å². The molecule has 1 aliphatic heterocycles. The van der Waals surface area contributed by atoms with Gasteiger partial charge in [-0.25, -0.2) is 0 Å². The molecule has 4 heteroatoms. The van der Waals surface area contributed by atoms with E-state index in [-0.39, 0.29) is 17.5 Å². The monoisotopic (exact) mass is 324 g/mol. The number of ketones is 2. The molecule has 0 radical (unpaired) electrons. The smallest absolute Gasteiger partial charge is 0.163 e. The number of Topliss-reactive ketones (excluding diaryl/α,β-unsaturated/α-hetero) is 2. The van der Waals surface area contributed by atoms with Gasteiger partial charge in [-0.15, -0.1) is 0 Å². The second-order valence-electron chi connectivity index (χ2n) is 6.54. The summed E-state index contributed by atoms with van der Waals surface area (Å²) in [5.41, 5.74) is 2.35. The summed E-state index contributed by atoms with van der Waals surface area (Å²) in [4.78, 5) is 25.2. The Morgan fingerprint density at radius 1 is 0.875 bits per heavy atom. The molecule has 0 bridgehead atoms. The van der Waals surface area contributed by atoms with Crippen LogP contribution in [0.25, 0.3) is 0 Å². The molecule has 1 aromatic rings. The third-order valence-corrected chi connectivity index (χ3v) is 5.09. The number of hydrogen-bond donors (Lipinski definition) is 0. The van der Waals surface area contributed by atoms with Crippen LogP contribution in [-0.2, 0) is 14.3 Å². The Bertz CT molecular complexity index is 725. The van der Waals surface area contributed by atoms with Gasteiger partial charge in [-0.2, -0.15) is 0 Å². The number of ether oxygens (including phenoxy) is 2. The third kappa shape index (κ3) is 2.37. The number of carbonyl (C=O) groups excluding carboxylic acids is 2. The molecule has 0 atom stereocenters. The van der Waals surface area contributed by atoms with Crippen LogP contribution in [0, 0.1) is 0 Å². The van der Waals surface area contributed by atoms with Gasteiger partial charge in [0.05, 0.1) is 7.11 Å². The Labute approximate surface area is 141 Å². The molecule has 4 nitrogen and oxygen atoms in total. The number of carbonyl (C=O) groups is 2. The second kappa shape index (κ2) is 5.93. The van der Waals surface area contributed by atoms with Crippen molar-refractivity contribution in [1.82, 2.24) is 0 Å². The van der Waals surface area contributed by atoms with Gasteiger partial charge in [0.1, 0.15) is 17.3 Å². The van der Waals surface area contributed by atoms with Crippen molar-refractivity contribution in [2.45, 2.75) is 44.4 Å². The Hall–Kier alpha value is -2.36. The normalized spacial score (nSPS) is 21.4. The van der Waals surface area contributed by atoms with Crippen LogP contribution in [0.15, 0.2) is 46.9 Å². The molecule has 124 valence electrons. The standard InChI is InChI=1S/C20H20O4/c1-23-13-10-8-12(9-11-13)18-19-14(21)4-2-6-16(19)24-17-7-3-5-15(22)20(17)18/h8-11,18H,2-7H2,1H3. The van der Waals surface area contributed by atoms with Gasteiger partial charge in [0, 0.05) is 42.7 Å². The van der Waals surface area contributed by atoms with E-state index in [2.05, 4.69) is 0 Å². The number of allylic oxidation sites excluding steroid dienone is 4. The first-order valence-corrected chi connectivity index (χ1v) is 8.53. The summed E-state index contributed by atoms with van der Waals surface area (Å²) >= 11 is 0. The molecule has 0 fully saturated rings. The van der Waals surface area contributed by atoms with Crippen LogP contribution >= 0.6 is 0 Å². The van der Waals surface area contributed by atoms with Crippen molar-refractivity contribution in [2.24, 2.45) is 0 Å². The minimum atomic E-state index is -0.282. The molecule has 1 aromatic carbocycles. The van der Waals surface area contributed by atoms with Gasteiger partial charge in [-0.1, -0.05) is 12.1 Å². The van der Waals surface area contributed by atoms with Crippen molar-refractivity contribution in [3.63, 3.8) is 0 Å². The molecule has 24 heavy (non-hydrogen) atoms. The van der Waals surface area contributed by atoms with E-state index in [9.17, 15) is 9.59 Å². The van der Waals surface area contributed by atoms with Crippen LogP contribution in [0.5, 0.6) is 5.75 Å². The zero-order valence-corrected chi connectivity index (χ0v) is 13.8. The van der Waals surface area contributed by atoms with Gasteiger partial charge in [-0.3, -0.25) is 9.59 Å². The lowest BCUT2D eigenvalue weighted by Gasteiger charge is -2.36. The van der Waals surface area contributed by atoms with Gasteiger partial charge in [0.25, 0.3) is 0 Å². The highest BCUT2D eigenvalue weighted by Gasteiger charge is 2.41. The molecule has 1 heterocycles. The quantitative estimate of drug-likeness (QED) is 0.830. The molecule has 0 aromatic heterocycles. The zero-order valence-electron chi connectivity index (χ0n) is 13.8. The van der Waals surface area contributed by atoms with Crippen molar-refractivity contribution in [2.75, 3.05) is 7.11 Å². The van der Waals surface area contributed by atoms with Crippen LogP contribution in [0.1, 0.15) is 50.0 Å². The lowest BCUT2D eigenvalue weighted by atomic mass is 9.73. The molecule has 0 saturated carbocycles. The summed E-state index contributed by atoms with van der Waals surface area (Å²) in [6.45, 7) is 0.